The summed E-state index contributed by atoms with van der Waals surface area (Å²) >= 11 is 0. The Bertz CT molecular complexity index is 774. The molecule has 1 aliphatic heterocycles. The van der Waals surface area contributed by atoms with E-state index in [-0.39, 0.29) is 18.0 Å². The fourth-order valence-electron chi connectivity index (χ4n) is 3.39. The molecule has 0 unspecified atom stereocenters. The number of amides is 1. The normalized spacial score (nSPS) is 19.0. The zero-order valence-corrected chi connectivity index (χ0v) is 15.0. The number of rotatable bonds is 5. The third-order valence-electron chi connectivity index (χ3n) is 5.09. The van der Waals surface area contributed by atoms with Crippen LogP contribution in [0.15, 0.2) is 12.3 Å². The molecule has 0 radical (unpaired) electrons. The van der Waals surface area contributed by atoms with E-state index in [1.807, 2.05) is 31.5 Å². The molecule has 1 amide bonds. The van der Waals surface area contributed by atoms with Crippen molar-refractivity contribution in [2.75, 3.05) is 11.9 Å². The van der Waals surface area contributed by atoms with Gasteiger partial charge in [-0.1, -0.05) is 0 Å². The summed E-state index contributed by atoms with van der Waals surface area (Å²) in [6.07, 6.45) is 4.16. The molecule has 1 aliphatic carbocycles. The van der Waals surface area contributed by atoms with Crippen LogP contribution in [-0.2, 0) is 17.9 Å². The van der Waals surface area contributed by atoms with Crippen molar-refractivity contribution in [3.63, 3.8) is 0 Å². The zero-order valence-electron chi connectivity index (χ0n) is 15.0. The fourth-order valence-corrected chi connectivity index (χ4v) is 3.39. The van der Waals surface area contributed by atoms with Gasteiger partial charge in [0, 0.05) is 31.1 Å². The monoisotopic (exact) mass is 343 g/mol. The van der Waals surface area contributed by atoms with Gasteiger partial charge in [-0.3, -0.25) is 9.69 Å². The summed E-state index contributed by atoms with van der Waals surface area (Å²) in [6.45, 7) is 8.39. The number of hydrogen-bond acceptors (Lipinski definition) is 5. The molecule has 25 heavy (non-hydrogen) atoms. The van der Waals surface area contributed by atoms with Crippen LogP contribution in [0.25, 0.3) is 0 Å². The molecule has 3 heterocycles. The van der Waals surface area contributed by atoms with Crippen LogP contribution in [0.1, 0.15) is 57.2 Å². The van der Waals surface area contributed by atoms with E-state index < -0.39 is 0 Å². The molecule has 0 bridgehead atoms. The van der Waals surface area contributed by atoms with E-state index in [2.05, 4.69) is 30.1 Å². The highest BCUT2D eigenvalue weighted by molar-refractivity contribution is 5.93. The van der Waals surface area contributed by atoms with Gasteiger partial charge in [-0.15, -0.1) is 10.2 Å². The minimum absolute atomic E-state index is 0.0159. The summed E-state index contributed by atoms with van der Waals surface area (Å²) in [7, 11) is 0. The summed E-state index contributed by atoms with van der Waals surface area (Å²) in [5.41, 5.74) is 0. The van der Waals surface area contributed by atoms with E-state index in [1.165, 1.54) is 12.8 Å². The molecule has 134 valence electrons. The highest BCUT2D eigenvalue weighted by atomic mass is 16.2. The van der Waals surface area contributed by atoms with Crippen molar-refractivity contribution in [3.05, 3.63) is 23.9 Å². The second-order valence-electron chi connectivity index (χ2n) is 7.29. The van der Waals surface area contributed by atoms with Gasteiger partial charge in [-0.05, 0) is 33.6 Å². The second kappa shape index (κ2) is 6.25. The molecule has 8 nitrogen and oxygen atoms in total. The van der Waals surface area contributed by atoms with Gasteiger partial charge in [-0.2, -0.15) is 5.10 Å². The quantitative estimate of drug-likeness (QED) is 0.895. The summed E-state index contributed by atoms with van der Waals surface area (Å²) in [5.74, 6) is 3.43. The summed E-state index contributed by atoms with van der Waals surface area (Å²) in [4.78, 5) is 14.8. The van der Waals surface area contributed by atoms with Gasteiger partial charge in [0.25, 0.3) is 0 Å². The number of hydrogen-bond donors (Lipinski definition) is 1. The van der Waals surface area contributed by atoms with E-state index in [9.17, 15) is 4.79 Å². The van der Waals surface area contributed by atoms with Gasteiger partial charge in [-0.25, -0.2) is 4.68 Å². The number of fused-ring (bicyclic) bond motifs is 1. The first-order valence-corrected chi connectivity index (χ1v) is 9.05. The van der Waals surface area contributed by atoms with Gasteiger partial charge in [0.2, 0.25) is 5.91 Å². The maximum Gasteiger partial charge on any atom is 0.242 e. The SMILES string of the molecule is CC(C)n1nccc1NC(=O)[C@H](C)N1CCn2c(nnc2C2CC2)C1. The smallest absolute Gasteiger partial charge is 0.242 e. The molecule has 1 N–H and O–H groups in total. The molecule has 2 aromatic heterocycles. The Balaban J connectivity index is 1.43. The lowest BCUT2D eigenvalue weighted by molar-refractivity contribution is -0.121. The van der Waals surface area contributed by atoms with Gasteiger partial charge < -0.3 is 9.88 Å². The maximum atomic E-state index is 12.7. The van der Waals surface area contributed by atoms with Crippen molar-refractivity contribution >= 4 is 11.7 Å². The predicted molar refractivity (Wildman–Crippen MR) is 93.1 cm³/mol. The fraction of sp³-hybridized carbons (Fsp3) is 0.647. The highest BCUT2D eigenvalue weighted by Gasteiger charge is 2.33. The molecule has 0 aromatic carbocycles. The number of nitrogens with one attached hydrogen (secondary N) is 1. The topological polar surface area (TPSA) is 80.9 Å². The van der Waals surface area contributed by atoms with Crippen molar-refractivity contribution in [1.29, 1.82) is 0 Å². The molecule has 1 saturated carbocycles. The zero-order chi connectivity index (χ0) is 17.6. The average Bonchev–Trinajstić information content (AvgIpc) is 3.18. The first kappa shape index (κ1) is 16.3. The molecule has 1 fully saturated rings. The Kier molecular flexibility index (Phi) is 4.07. The van der Waals surface area contributed by atoms with Crippen molar-refractivity contribution in [2.24, 2.45) is 0 Å². The van der Waals surface area contributed by atoms with Crippen LogP contribution in [-0.4, -0.2) is 47.9 Å². The van der Waals surface area contributed by atoms with Crippen molar-refractivity contribution < 1.29 is 4.79 Å². The maximum absolute atomic E-state index is 12.7. The van der Waals surface area contributed by atoms with Crippen LogP contribution in [0.4, 0.5) is 5.82 Å². The molecule has 8 heteroatoms. The first-order valence-electron chi connectivity index (χ1n) is 9.05. The lowest BCUT2D eigenvalue weighted by atomic mass is 10.2. The summed E-state index contributed by atoms with van der Waals surface area (Å²) in [6, 6.07) is 1.81. The molecule has 4 rings (SSSR count). The van der Waals surface area contributed by atoms with Crippen molar-refractivity contribution in [2.45, 2.75) is 64.7 Å². The van der Waals surface area contributed by atoms with Crippen LogP contribution < -0.4 is 5.32 Å². The van der Waals surface area contributed by atoms with Gasteiger partial charge in [0.1, 0.15) is 17.5 Å². The van der Waals surface area contributed by atoms with Crippen LogP contribution in [0.5, 0.6) is 0 Å². The van der Waals surface area contributed by atoms with Crippen LogP contribution in [0, 0.1) is 0 Å². The first-order chi connectivity index (χ1) is 12.0. The highest BCUT2D eigenvalue weighted by Crippen LogP contribution is 2.39. The lowest BCUT2D eigenvalue weighted by Crippen LogP contribution is -2.46. The Labute approximate surface area is 147 Å². The van der Waals surface area contributed by atoms with E-state index in [0.29, 0.717) is 12.5 Å². The Morgan fingerprint density at radius 3 is 2.76 bits per heavy atom. The van der Waals surface area contributed by atoms with Gasteiger partial charge >= 0.3 is 0 Å². The Morgan fingerprint density at radius 2 is 2.04 bits per heavy atom. The van der Waals surface area contributed by atoms with Crippen LogP contribution >= 0.6 is 0 Å². The molecule has 0 spiro atoms. The predicted octanol–water partition coefficient (Wildman–Crippen LogP) is 1.78. The van der Waals surface area contributed by atoms with Crippen LogP contribution in [0.3, 0.4) is 0 Å². The summed E-state index contributed by atoms with van der Waals surface area (Å²) < 4.78 is 4.06. The van der Waals surface area contributed by atoms with Gasteiger partial charge in [0.15, 0.2) is 0 Å². The molecular formula is C17H25N7O. The largest absolute Gasteiger partial charge is 0.312 e. The number of anilines is 1. The van der Waals surface area contributed by atoms with Crippen molar-refractivity contribution in [3.8, 4) is 0 Å². The van der Waals surface area contributed by atoms with E-state index in [0.717, 1.165) is 30.6 Å². The Morgan fingerprint density at radius 1 is 1.24 bits per heavy atom. The van der Waals surface area contributed by atoms with E-state index in [4.69, 9.17) is 0 Å². The summed E-state index contributed by atoms with van der Waals surface area (Å²) in [5, 5.41) is 16.0. The Hall–Kier alpha value is -2.22. The lowest BCUT2D eigenvalue weighted by Gasteiger charge is -2.32. The minimum Gasteiger partial charge on any atom is -0.312 e. The number of carbonyl (C=O) groups excluding carboxylic acids is 1. The molecular weight excluding hydrogens is 318 g/mol. The molecule has 2 aliphatic rings. The van der Waals surface area contributed by atoms with E-state index in [1.54, 1.807) is 6.20 Å². The van der Waals surface area contributed by atoms with E-state index >= 15 is 0 Å². The standard InChI is InChI=1S/C17H25N7O/c1-11(2)24-14(6-7-18-24)19-17(25)12(3)22-8-9-23-15(10-22)20-21-16(23)13-4-5-13/h6-7,11-13H,4-5,8-10H2,1-3H3,(H,19,25)/t12-/m0/s1. The minimum atomic E-state index is -0.231. The van der Waals surface area contributed by atoms with Crippen LogP contribution in [0.2, 0.25) is 0 Å². The molecule has 0 saturated heterocycles. The average molecular weight is 343 g/mol. The number of aromatic nitrogens is 5. The third kappa shape index (κ3) is 3.06. The molecule has 2 aromatic rings. The second-order valence-corrected chi connectivity index (χ2v) is 7.29. The third-order valence-corrected chi connectivity index (χ3v) is 5.09. The number of carbonyl (C=O) groups is 1. The van der Waals surface area contributed by atoms with Crippen molar-refractivity contribution in [1.82, 2.24) is 29.4 Å². The van der Waals surface area contributed by atoms with Gasteiger partial charge in [0.05, 0.1) is 18.8 Å². The number of nitrogens with zero attached hydrogens (tertiary/aromatic N) is 6. The molecule has 1 atom stereocenters.